The molecular formula is C26H26FN11O2. The fraction of sp³-hybridized carbons (Fsp3) is 0.269. The van der Waals surface area contributed by atoms with Crippen LogP contribution in [0.1, 0.15) is 5.82 Å². The van der Waals surface area contributed by atoms with Crippen LogP contribution in [-0.2, 0) is 13.2 Å². The van der Waals surface area contributed by atoms with Crippen LogP contribution in [-0.4, -0.2) is 77.2 Å². The molecule has 204 valence electrons. The van der Waals surface area contributed by atoms with E-state index < -0.39 is 0 Å². The summed E-state index contributed by atoms with van der Waals surface area (Å²) >= 11 is 0. The maximum absolute atomic E-state index is 14.9. The number of fused-ring (bicyclic) bond motifs is 3. The van der Waals surface area contributed by atoms with E-state index in [0.717, 1.165) is 30.5 Å². The SMILES string of the molecule is Nc1nc2c(cnn2CCN2CCN(c3ccc(OCc4nnc[nH]4)cc3F)CC2)c2cc(-c3ccco3)nn12. The Balaban J connectivity index is 0.984. The zero-order valence-corrected chi connectivity index (χ0v) is 21.4. The molecule has 3 N–H and O–H groups in total. The lowest BCUT2D eigenvalue weighted by molar-refractivity contribution is 0.245. The molecule has 0 saturated carbocycles. The molecule has 0 spiro atoms. The van der Waals surface area contributed by atoms with Crippen molar-refractivity contribution in [1.82, 2.24) is 44.5 Å². The number of hydrogen-bond donors (Lipinski definition) is 2. The predicted octanol–water partition coefficient (Wildman–Crippen LogP) is 2.58. The molecule has 1 aromatic carbocycles. The number of nitrogen functional groups attached to an aromatic ring is 1. The van der Waals surface area contributed by atoms with Gasteiger partial charge in [0.2, 0.25) is 5.95 Å². The van der Waals surface area contributed by atoms with E-state index in [0.29, 0.717) is 54.0 Å². The summed E-state index contributed by atoms with van der Waals surface area (Å²) in [4.78, 5) is 11.8. The van der Waals surface area contributed by atoms with Gasteiger partial charge in [0.1, 0.15) is 30.2 Å². The fourth-order valence-corrected chi connectivity index (χ4v) is 5.02. The maximum atomic E-state index is 14.9. The molecule has 40 heavy (non-hydrogen) atoms. The van der Waals surface area contributed by atoms with E-state index in [1.165, 1.54) is 12.4 Å². The Morgan fingerprint density at radius 3 is 2.77 bits per heavy atom. The van der Waals surface area contributed by atoms with Gasteiger partial charge >= 0.3 is 0 Å². The number of H-pyrrole nitrogens is 1. The van der Waals surface area contributed by atoms with Crippen molar-refractivity contribution in [1.29, 1.82) is 0 Å². The number of furan rings is 1. The molecule has 0 radical (unpaired) electrons. The van der Waals surface area contributed by atoms with Gasteiger partial charge in [-0.15, -0.1) is 10.2 Å². The van der Waals surface area contributed by atoms with Gasteiger partial charge in [-0.05, 0) is 30.3 Å². The number of anilines is 2. The highest BCUT2D eigenvalue weighted by Gasteiger charge is 2.21. The number of ether oxygens (including phenoxy) is 1. The zero-order valence-electron chi connectivity index (χ0n) is 21.4. The standard InChI is InChI=1S/C26H26FN11O2/c27-19-12-17(40-15-24-29-16-30-33-24)3-4-21(19)36-8-5-35(6-9-36)7-10-37-25-18(14-31-37)22-13-20(23-2-1-11-39-23)34-38(22)26(28)32-25/h1-4,11-14,16H,5-10,15H2,(H2,28,32)(H,29,30,33). The predicted molar refractivity (Wildman–Crippen MR) is 144 cm³/mol. The first kappa shape index (κ1) is 24.1. The summed E-state index contributed by atoms with van der Waals surface area (Å²) in [6.07, 6.45) is 4.88. The molecule has 14 heteroatoms. The molecule has 0 bridgehead atoms. The molecule has 1 saturated heterocycles. The second-order valence-corrected chi connectivity index (χ2v) is 9.55. The summed E-state index contributed by atoms with van der Waals surface area (Å²) in [7, 11) is 0. The van der Waals surface area contributed by atoms with Crippen LogP contribution >= 0.6 is 0 Å². The van der Waals surface area contributed by atoms with E-state index in [-0.39, 0.29) is 18.4 Å². The van der Waals surface area contributed by atoms with Crippen molar-refractivity contribution in [3.8, 4) is 17.2 Å². The van der Waals surface area contributed by atoms with Gasteiger partial charge < -0.3 is 24.8 Å². The average molecular weight is 544 g/mol. The van der Waals surface area contributed by atoms with Crippen LogP contribution in [0.15, 0.2) is 59.6 Å². The van der Waals surface area contributed by atoms with E-state index in [1.807, 2.05) is 22.9 Å². The van der Waals surface area contributed by atoms with Crippen molar-refractivity contribution < 1.29 is 13.5 Å². The van der Waals surface area contributed by atoms with E-state index in [1.54, 1.807) is 29.1 Å². The quantitative estimate of drug-likeness (QED) is 0.294. The maximum Gasteiger partial charge on any atom is 0.223 e. The number of hydrogen-bond acceptors (Lipinski definition) is 10. The van der Waals surface area contributed by atoms with E-state index >= 15 is 0 Å². The Kier molecular flexibility index (Phi) is 6.00. The molecule has 0 aliphatic carbocycles. The minimum absolute atomic E-state index is 0.199. The third-order valence-electron chi connectivity index (χ3n) is 7.11. The molecule has 6 heterocycles. The van der Waals surface area contributed by atoms with Crippen molar-refractivity contribution in [2.75, 3.05) is 43.4 Å². The molecule has 13 nitrogen and oxygen atoms in total. The summed E-state index contributed by atoms with van der Waals surface area (Å²) < 4.78 is 29.5. The van der Waals surface area contributed by atoms with Gasteiger partial charge in [-0.3, -0.25) is 4.90 Å². The monoisotopic (exact) mass is 543 g/mol. The van der Waals surface area contributed by atoms with E-state index in [4.69, 9.17) is 14.9 Å². The second-order valence-electron chi connectivity index (χ2n) is 9.55. The van der Waals surface area contributed by atoms with Crippen molar-refractivity contribution in [2.24, 2.45) is 0 Å². The molecule has 0 atom stereocenters. The van der Waals surface area contributed by atoms with Gasteiger partial charge in [0.25, 0.3) is 0 Å². The highest BCUT2D eigenvalue weighted by molar-refractivity contribution is 5.93. The van der Waals surface area contributed by atoms with Crippen molar-refractivity contribution in [3.63, 3.8) is 0 Å². The molecule has 5 aromatic heterocycles. The molecule has 0 unspecified atom stereocenters. The topological polar surface area (TPSA) is 144 Å². The Labute approximate surface area is 227 Å². The number of piperazine rings is 1. The lowest BCUT2D eigenvalue weighted by Crippen LogP contribution is -2.47. The highest BCUT2D eigenvalue weighted by atomic mass is 19.1. The van der Waals surface area contributed by atoms with Gasteiger partial charge in [-0.1, -0.05) is 0 Å². The normalized spacial score (nSPS) is 14.5. The molecule has 1 aliphatic heterocycles. The van der Waals surface area contributed by atoms with Crippen LogP contribution in [0.3, 0.4) is 0 Å². The summed E-state index contributed by atoms with van der Waals surface area (Å²) in [5, 5.41) is 17.6. The number of aromatic amines is 1. The highest BCUT2D eigenvalue weighted by Crippen LogP contribution is 2.27. The number of rotatable bonds is 8. The number of halogens is 1. The number of aromatic nitrogens is 8. The molecule has 1 aliphatic rings. The van der Waals surface area contributed by atoms with Crippen LogP contribution < -0.4 is 15.4 Å². The lowest BCUT2D eigenvalue weighted by Gasteiger charge is -2.36. The summed E-state index contributed by atoms with van der Waals surface area (Å²) in [6, 6.07) is 10.6. The minimum Gasteiger partial charge on any atom is -0.486 e. The van der Waals surface area contributed by atoms with Gasteiger partial charge in [-0.2, -0.15) is 19.7 Å². The first-order valence-corrected chi connectivity index (χ1v) is 12.9. The Bertz CT molecular complexity index is 1750. The van der Waals surface area contributed by atoms with Crippen LogP contribution in [0.5, 0.6) is 5.75 Å². The van der Waals surface area contributed by atoms with Gasteiger partial charge in [0.05, 0.1) is 35.6 Å². The summed E-state index contributed by atoms with van der Waals surface area (Å²) in [6.45, 7) is 4.67. The third-order valence-corrected chi connectivity index (χ3v) is 7.11. The average Bonchev–Trinajstić information content (AvgIpc) is 3.78. The van der Waals surface area contributed by atoms with Gasteiger partial charge in [0, 0.05) is 38.8 Å². The van der Waals surface area contributed by atoms with Crippen LogP contribution in [0.25, 0.3) is 28.0 Å². The Morgan fingerprint density at radius 2 is 2.00 bits per heavy atom. The molecular weight excluding hydrogens is 517 g/mol. The zero-order chi connectivity index (χ0) is 27.1. The molecule has 7 rings (SSSR count). The fourth-order valence-electron chi connectivity index (χ4n) is 5.02. The van der Waals surface area contributed by atoms with Crippen molar-refractivity contribution >= 4 is 28.2 Å². The van der Waals surface area contributed by atoms with E-state index in [2.05, 4.69) is 40.2 Å². The number of nitrogens with one attached hydrogen (secondary N) is 1. The summed E-state index contributed by atoms with van der Waals surface area (Å²) in [5.41, 5.74) is 9.03. The molecule has 0 amide bonds. The Morgan fingerprint density at radius 1 is 1.10 bits per heavy atom. The first-order chi connectivity index (χ1) is 19.6. The van der Waals surface area contributed by atoms with Crippen LogP contribution in [0, 0.1) is 5.82 Å². The van der Waals surface area contributed by atoms with Crippen LogP contribution in [0.2, 0.25) is 0 Å². The minimum atomic E-state index is -0.309. The summed E-state index contributed by atoms with van der Waals surface area (Å²) in [5.74, 6) is 1.66. The second kappa shape index (κ2) is 9.96. The smallest absolute Gasteiger partial charge is 0.223 e. The Hall–Kier alpha value is -4.98. The number of nitrogens with zero attached hydrogens (tertiary/aromatic N) is 9. The van der Waals surface area contributed by atoms with E-state index in [9.17, 15) is 4.39 Å². The van der Waals surface area contributed by atoms with Crippen molar-refractivity contribution in [2.45, 2.75) is 13.2 Å². The van der Waals surface area contributed by atoms with Gasteiger partial charge in [0.15, 0.2) is 17.2 Å². The van der Waals surface area contributed by atoms with Crippen LogP contribution in [0.4, 0.5) is 16.0 Å². The number of benzene rings is 1. The first-order valence-electron chi connectivity index (χ1n) is 12.9. The number of nitrogens with two attached hydrogens (primary N) is 1. The molecule has 1 fully saturated rings. The van der Waals surface area contributed by atoms with Crippen molar-refractivity contribution in [3.05, 3.63) is 66.8 Å². The molecule has 6 aromatic rings. The third kappa shape index (κ3) is 4.47. The largest absolute Gasteiger partial charge is 0.486 e. The lowest BCUT2D eigenvalue weighted by atomic mass is 10.2. The van der Waals surface area contributed by atoms with Gasteiger partial charge in [-0.25, -0.2) is 9.07 Å².